The first-order valence-corrected chi connectivity index (χ1v) is 4.39. The summed E-state index contributed by atoms with van der Waals surface area (Å²) in [6, 6.07) is 0. The minimum absolute atomic E-state index is 0.0425. The smallest absolute Gasteiger partial charge is 0.223 e. The van der Waals surface area contributed by atoms with Crippen LogP contribution in [0.25, 0.3) is 0 Å². The molecular formula is C8H14N2O3. The predicted molar refractivity (Wildman–Crippen MR) is 45.8 cm³/mol. The Labute approximate surface area is 76.5 Å². The zero-order valence-corrected chi connectivity index (χ0v) is 7.38. The number of amides is 2. The van der Waals surface area contributed by atoms with Gasteiger partial charge < -0.3 is 15.7 Å². The normalized spacial score (nSPS) is 21.3. The lowest BCUT2D eigenvalue weighted by Crippen LogP contribution is -2.30. The van der Waals surface area contributed by atoms with E-state index in [1.54, 1.807) is 0 Å². The first-order valence-electron chi connectivity index (χ1n) is 4.39. The molecule has 5 nitrogen and oxygen atoms in total. The van der Waals surface area contributed by atoms with Crippen molar-refractivity contribution in [3.8, 4) is 0 Å². The van der Waals surface area contributed by atoms with Gasteiger partial charge in [0, 0.05) is 25.4 Å². The number of carbonyl (C=O) groups is 2. The SMILES string of the molecule is O=C(CC1CCNC1=O)NCCO. The van der Waals surface area contributed by atoms with E-state index in [9.17, 15) is 9.59 Å². The molecule has 1 saturated heterocycles. The van der Waals surface area contributed by atoms with Gasteiger partial charge in [0.2, 0.25) is 11.8 Å². The monoisotopic (exact) mass is 186 g/mol. The van der Waals surface area contributed by atoms with Crippen LogP contribution in [0.2, 0.25) is 0 Å². The fraction of sp³-hybridized carbons (Fsp3) is 0.750. The number of hydrogen-bond donors (Lipinski definition) is 3. The molecule has 13 heavy (non-hydrogen) atoms. The van der Waals surface area contributed by atoms with Gasteiger partial charge in [-0.2, -0.15) is 0 Å². The Hall–Kier alpha value is -1.10. The van der Waals surface area contributed by atoms with Crippen LogP contribution >= 0.6 is 0 Å². The summed E-state index contributed by atoms with van der Waals surface area (Å²) in [6.45, 7) is 0.854. The Bertz CT molecular complexity index is 206. The van der Waals surface area contributed by atoms with E-state index in [0.717, 1.165) is 6.42 Å². The summed E-state index contributed by atoms with van der Waals surface area (Å²) < 4.78 is 0. The molecular weight excluding hydrogens is 172 g/mol. The van der Waals surface area contributed by atoms with E-state index >= 15 is 0 Å². The van der Waals surface area contributed by atoms with E-state index in [4.69, 9.17) is 5.11 Å². The Kier molecular flexibility index (Phi) is 3.70. The van der Waals surface area contributed by atoms with Crippen LogP contribution in [0.5, 0.6) is 0 Å². The van der Waals surface area contributed by atoms with E-state index < -0.39 is 0 Å². The molecule has 5 heteroatoms. The molecule has 0 aliphatic carbocycles. The minimum Gasteiger partial charge on any atom is -0.395 e. The van der Waals surface area contributed by atoms with Crippen molar-refractivity contribution in [3.05, 3.63) is 0 Å². The van der Waals surface area contributed by atoms with Crippen LogP contribution in [0, 0.1) is 5.92 Å². The second kappa shape index (κ2) is 4.81. The van der Waals surface area contributed by atoms with E-state index in [1.165, 1.54) is 0 Å². The summed E-state index contributed by atoms with van der Waals surface area (Å²) in [5, 5.41) is 13.6. The molecule has 1 rings (SSSR count). The van der Waals surface area contributed by atoms with Gasteiger partial charge in [-0.05, 0) is 6.42 Å². The lowest BCUT2D eigenvalue weighted by Gasteiger charge is -2.06. The maximum atomic E-state index is 11.1. The highest BCUT2D eigenvalue weighted by Crippen LogP contribution is 2.12. The van der Waals surface area contributed by atoms with Crippen LogP contribution in [0.15, 0.2) is 0 Å². The van der Waals surface area contributed by atoms with Crippen LogP contribution in [-0.4, -0.2) is 36.6 Å². The van der Waals surface area contributed by atoms with Crippen LogP contribution in [0.1, 0.15) is 12.8 Å². The first-order chi connectivity index (χ1) is 6.24. The fourth-order valence-corrected chi connectivity index (χ4v) is 1.33. The van der Waals surface area contributed by atoms with Gasteiger partial charge in [0.05, 0.1) is 6.61 Å². The molecule has 0 bridgehead atoms. The fourth-order valence-electron chi connectivity index (χ4n) is 1.33. The minimum atomic E-state index is -0.182. The highest BCUT2D eigenvalue weighted by Gasteiger charge is 2.25. The average molecular weight is 186 g/mol. The van der Waals surface area contributed by atoms with Crippen molar-refractivity contribution in [1.29, 1.82) is 0 Å². The van der Waals surface area contributed by atoms with Crippen molar-refractivity contribution in [3.63, 3.8) is 0 Å². The molecule has 0 radical (unpaired) electrons. The Balaban J connectivity index is 2.23. The molecule has 1 aliphatic rings. The lowest BCUT2D eigenvalue weighted by atomic mass is 10.0. The molecule has 3 N–H and O–H groups in total. The van der Waals surface area contributed by atoms with E-state index in [2.05, 4.69) is 10.6 Å². The van der Waals surface area contributed by atoms with E-state index in [-0.39, 0.29) is 37.3 Å². The molecule has 1 atom stereocenters. The zero-order valence-electron chi connectivity index (χ0n) is 7.38. The molecule has 1 heterocycles. The summed E-state index contributed by atoms with van der Waals surface area (Å²) in [6.07, 6.45) is 0.956. The van der Waals surface area contributed by atoms with Gasteiger partial charge in [-0.25, -0.2) is 0 Å². The summed E-state index contributed by atoms with van der Waals surface area (Å²) in [7, 11) is 0. The van der Waals surface area contributed by atoms with E-state index in [0.29, 0.717) is 6.54 Å². The quantitative estimate of drug-likeness (QED) is 0.506. The summed E-state index contributed by atoms with van der Waals surface area (Å²) in [5.41, 5.74) is 0. The third kappa shape index (κ3) is 3.02. The van der Waals surface area contributed by atoms with Crippen LogP contribution in [-0.2, 0) is 9.59 Å². The number of nitrogens with one attached hydrogen (secondary N) is 2. The second-order valence-corrected chi connectivity index (χ2v) is 3.05. The number of aliphatic hydroxyl groups excluding tert-OH is 1. The number of rotatable bonds is 4. The van der Waals surface area contributed by atoms with Gasteiger partial charge in [0.25, 0.3) is 0 Å². The standard InChI is InChI=1S/C8H14N2O3/c11-4-3-9-7(12)5-6-1-2-10-8(6)13/h6,11H,1-5H2,(H,9,12)(H,10,13). The van der Waals surface area contributed by atoms with Gasteiger partial charge in [0.15, 0.2) is 0 Å². The van der Waals surface area contributed by atoms with Gasteiger partial charge in [-0.15, -0.1) is 0 Å². The molecule has 1 aliphatic heterocycles. The lowest BCUT2D eigenvalue weighted by molar-refractivity contribution is -0.128. The second-order valence-electron chi connectivity index (χ2n) is 3.05. The number of carbonyl (C=O) groups excluding carboxylic acids is 2. The number of aliphatic hydroxyl groups is 1. The van der Waals surface area contributed by atoms with Gasteiger partial charge in [0.1, 0.15) is 0 Å². The van der Waals surface area contributed by atoms with Crippen molar-refractivity contribution >= 4 is 11.8 Å². The topological polar surface area (TPSA) is 78.4 Å². The number of hydrogen-bond acceptors (Lipinski definition) is 3. The van der Waals surface area contributed by atoms with Gasteiger partial charge >= 0.3 is 0 Å². The molecule has 0 aromatic rings. The molecule has 1 fully saturated rings. The third-order valence-corrected chi connectivity index (χ3v) is 2.03. The molecule has 0 spiro atoms. The Morgan fingerprint density at radius 3 is 3.00 bits per heavy atom. The molecule has 2 amide bonds. The highest BCUT2D eigenvalue weighted by atomic mass is 16.3. The van der Waals surface area contributed by atoms with Crippen molar-refractivity contribution < 1.29 is 14.7 Å². The van der Waals surface area contributed by atoms with Crippen molar-refractivity contribution in [2.45, 2.75) is 12.8 Å². The summed E-state index contributed by atoms with van der Waals surface area (Å²) in [5.74, 6) is -0.394. The summed E-state index contributed by atoms with van der Waals surface area (Å²) in [4.78, 5) is 22.1. The third-order valence-electron chi connectivity index (χ3n) is 2.03. The molecule has 0 aromatic heterocycles. The highest BCUT2D eigenvalue weighted by molar-refractivity contribution is 5.86. The Morgan fingerprint density at radius 2 is 2.46 bits per heavy atom. The average Bonchev–Trinajstić information content (AvgIpc) is 2.48. The maximum Gasteiger partial charge on any atom is 0.223 e. The maximum absolute atomic E-state index is 11.1. The largest absolute Gasteiger partial charge is 0.395 e. The van der Waals surface area contributed by atoms with E-state index in [1.807, 2.05) is 0 Å². The van der Waals surface area contributed by atoms with Crippen molar-refractivity contribution in [1.82, 2.24) is 10.6 Å². The van der Waals surface area contributed by atoms with Crippen molar-refractivity contribution in [2.75, 3.05) is 19.7 Å². The molecule has 0 saturated carbocycles. The predicted octanol–water partition coefficient (Wildman–Crippen LogP) is -1.38. The van der Waals surface area contributed by atoms with Crippen molar-refractivity contribution in [2.24, 2.45) is 5.92 Å². The molecule has 1 unspecified atom stereocenters. The zero-order chi connectivity index (χ0) is 9.68. The molecule has 0 aromatic carbocycles. The Morgan fingerprint density at radius 1 is 1.69 bits per heavy atom. The van der Waals surface area contributed by atoms with Crippen LogP contribution < -0.4 is 10.6 Å². The van der Waals surface area contributed by atoms with Gasteiger partial charge in [-0.1, -0.05) is 0 Å². The van der Waals surface area contributed by atoms with Crippen LogP contribution in [0.4, 0.5) is 0 Å². The van der Waals surface area contributed by atoms with Crippen LogP contribution in [0.3, 0.4) is 0 Å². The summed E-state index contributed by atoms with van der Waals surface area (Å²) >= 11 is 0. The molecule has 74 valence electrons. The van der Waals surface area contributed by atoms with Gasteiger partial charge in [-0.3, -0.25) is 9.59 Å². The first kappa shape index (κ1) is 9.98.